The van der Waals surface area contributed by atoms with Crippen molar-refractivity contribution in [2.45, 2.75) is 20.8 Å². The second kappa shape index (κ2) is 12.8. The van der Waals surface area contributed by atoms with Crippen LogP contribution < -0.4 is 0 Å². The highest BCUT2D eigenvalue weighted by Gasteiger charge is 2.20. The van der Waals surface area contributed by atoms with Gasteiger partial charge in [0.2, 0.25) is 0 Å². The summed E-state index contributed by atoms with van der Waals surface area (Å²) in [7, 11) is 0. The van der Waals surface area contributed by atoms with Gasteiger partial charge in [-0.1, -0.05) is 103 Å². The van der Waals surface area contributed by atoms with E-state index in [9.17, 15) is 0 Å². The van der Waals surface area contributed by atoms with Crippen LogP contribution in [0.15, 0.2) is 182 Å². The molecule has 3 nitrogen and oxygen atoms in total. The molecule has 0 N–H and O–H groups in total. The lowest BCUT2D eigenvalue weighted by Crippen LogP contribution is -2.01. The van der Waals surface area contributed by atoms with Crippen molar-refractivity contribution in [3.63, 3.8) is 0 Å². The maximum Gasteiger partial charge on any atom is 0.0542 e. The Morgan fingerprint density at radius 1 is 0.311 bits per heavy atom. The zero-order chi connectivity index (χ0) is 40.5. The summed E-state index contributed by atoms with van der Waals surface area (Å²) < 4.78 is 10.0. The smallest absolute Gasteiger partial charge is 0.0542 e. The van der Waals surface area contributed by atoms with Crippen LogP contribution in [-0.2, 0) is 0 Å². The maximum absolute atomic E-state index is 2.47. The van der Waals surface area contributed by atoms with Crippen LogP contribution in [0.1, 0.15) is 16.7 Å². The minimum absolute atomic E-state index is 1.16. The van der Waals surface area contributed by atoms with Gasteiger partial charge in [0.15, 0.2) is 0 Å². The Kier molecular flexibility index (Phi) is 7.23. The van der Waals surface area contributed by atoms with Crippen LogP contribution in [0.25, 0.3) is 114 Å². The number of benzene rings is 9. The lowest BCUT2D eigenvalue weighted by atomic mass is 10.0. The molecule has 13 rings (SSSR count). The van der Waals surface area contributed by atoms with Crippen molar-refractivity contribution in [3.05, 3.63) is 199 Å². The standard InChI is InChI=1S/C57H39N3S/c1-34-28-35(2)57(36(3)29-34)60-51-18-10-6-14-43(51)47-32-39(22-26-54(47)60)58-49-16-8-4-12-41(49)45-30-37(20-24-52(45)58)38-21-25-53-46(31-38)42-13-5-9-17-50(42)59(53)40-23-27-56-48(33-40)44-15-7-11-19-55(44)61-56/h4-33H,1-3H3. The molecule has 288 valence electrons. The number of thiophene rings is 1. The lowest BCUT2D eigenvalue weighted by Gasteiger charge is -2.16. The zero-order valence-corrected chi connectivity index (χ0v) is 34.9. The Balaban J connectivity index is 0.969. The van der Waals surface area contributed by atoms with Gasteiger partial charge in [-0.05, 0) is 128 Å². The minimum atomic E-state index is 1.16. The molecule has 0 amide bonds. The van der Waals surface area contributed by atoms with Gasteiger partial charge in [0.1, 0.15) is 0 Å². The first-order valence-electron chi connectivity index (χ1n) is 21.1. The molecule has 4 heteroatoms. The van der Waals surface area contributed by atoms with Crippen LogP contribution in [-0.4, -0.2) is 13.7 Å². The first-order valence-corrected chi connectivity index (χ1v) is 21.9. The van der Waals surface area contributed by atoms with E-state index in [1.165, 1.54) is 125 Å². The summed E-state index contributed by atoms with van der Waals surface area (Å²) in [6, 6.07) is 67.9. The van der Waals surface area contributed by atoms with E-state index in [-0.39, 0.29) is 0 Å². The van der Waals surface area contributed by atoms with Gasteiger partial charge in [0.25, 0.3) is 0 Å². The molecule has 61 heavy (non-hydrogen) atoms. The molecule has 9 aromatic carbocycles. The first-order chi connectivity index (χ1) is 30.0. The molecule has 4 heterocycles. The molecule has 0 unspecified atom stereocenters. The molecular formula is C57H39N3S. The van der Waals surface area contributed by atoms with Gasteiger partial charge in [-0.2, -0.15) is 0 Å². The third-order valence-corrected chi connectivity index (χ3v) is 14.2. The molecular weight excluding hydrogens is 759 g/mol. The van der Waals surface area contributed by atoms with E-state index in [1.54, 1.807) is 0 Å². The summed E-state index contributed by atoms with van der Waals surface area (Å²) in [5, 5.41) is 10.2. The topological polar surface area (TPSA) is 14.8 Å². The summed E-state index contributed by atoms with van der Waals surface area (Å²) in [4.78, 5) is 0. The van der Waals surface area contributed by atoms with E-state index in [4.69, 9.17) is 0 Å². The van der Waals surface area contributed by atoms with Crippen molar-refractivity contribution in [1.82, 2.24) is 13.7 Å². The van der Waals surface area contributed by atoms with Crippen LogP contribution in [0.5, 0.6) is 0 Å². The number of hydrogen-bond acceptors (Lipinski definition) is 1. The minimum Gasteiger partial charge on any atom is -0.309 e. The monoisotopic (exact) mass is 797 g/mol. The number of aryl methyl sites for hydroxylation is 3. The fourth-order valence-corrected chi connectivity index (χ4v) is 11.7. The average Bonchev–Trinajstić information content (AvgIpc) is 4.02. The third kappa shape index (κ3) is 4.97. The fourth-order valence-electron chi connectivity index (χ4n) is 10.6. The maximum atomic E-state index is 2.47. The van der Waals surface area contributed by atoms with Crippen molar-refractivity contribution in [2.24, 2.45) is 0 Å². The van der Waals surface area contributed by atoms with Crippen LogP contribution in [0.3, 0.4) is 0 Å². The summed E-state index contributed by atoms with van der Waals surface area (Å²) in [5.74, 6) is 0. The molecule has 0 saturated heterocycles. The van der Waals surface area contributed by atoms with E-state index in [0.717, 1.165) is 5.69 Å². The summed E-state index contributed by atoms with van der Waals surface area (Å²) >= 11 is 1.87. The molecule has 0 aliphatic rings. The summed E-state index contributed by atoms with van der Waals surface area (Å²) in [6.45, 7) is 6.66. The molecule has 0 aliphatic heterocycles. The predicted molar refractivity (Wildman–Crippen MR) is 262 cm³/mol. The van der Waals surface area contributed by atoms with E-state index in [0.29, 0.717) is 0 Å². The Labute approximate surface area is 356 Å². The zero-order valence-electron chi connectivity index (χ0n) is 34.1. The molecule has 0 radical (unpaired) electrons. The van der Waals surface area contributed by atoms with Crippen molar-refractivity contribution < 1.29 is 0 Å². The Morgan fingerprint density at radius 3 is 1.31 bits per heavy atom. The van der Waals surface area contributed by atoms with E-state index >= 15 is 0 Å². The average molecular weight is 798 g/mol. The van der Waals surface area contributed by atoms with Gasteiger partial charge < -0.3 is 13.7 Å². The van der Waals surface area contributed by atoms with Crippen molar-refractivity contribution in [1.29, 1.82) is 0 Å². The lowest BCUT2D eigenvalue weighted by molar-refractivity contribution is 1.11. The Morgan fingerprint density at radius 2 is 0.721 bits per heavy atom. The first kappa shape index (κ1) is 34.5. The molecule has 4 aromatic heterocycles. The van der Waals surface area contributed by atoms with Gasteiger partial charge in [-0.3, -0.25) is 0 Å². The Bertz CT molecular complexity index is 3960. The summed E-state index contributed by atoms with van der Waals surface area (Å²) in [5.41, 5.74) is 17.2. The highest BCUT2D eigenvalue weighted by atomic mass is 32.1. The van der Waals surface area contributed by atoms with Gasteiger partial charge in [-0.15, -0.1) is 11.3 Å². The molecule has 13 aromatic rings. The number of fused-ring (bicyclic) bond motifs is 12. The molecule has 0 bridgehead atoms. The number of aromatic nitrogens is 3. The highest BCUT2D eigenvalue weighted by Crippen LogP contribution is 2.42. The largest absolute Gasteiger partial charge is 0.309 e. The van der Waals surface area contributed by atoms with Gasteiger partial charge in [0, 0.05) is 63.9 Å². The summed E-state index contributed by atoms with van der Waals surface area (Å²) in [6.07, 6.45) is 0. The molecule has 0 saturated carbocycles. The second-order valence-corrected chi connectivity index (χ2v) is 17.8. The molecule has 0 fully saturated rings. The van der Waals surface area contributed by atoms with Gasteiger partial charge in [0.05, 0.1) is 38.8 Å². The second-order valence-electron chi connectivity index (χ2n) is 16.7. The molecule has 0 atom stereocenters. The van der Waals surface area contributed by atoms with E-state index in [2.05, 4.69) is 216 Å². The van der Waals surface area contributed by atoms with Crippen molar-refractivity contribution in [3.8, 4) is 28.2 Å². The van der Waals surface area contributed by atoms with Crippen molar-refractivity contribution in [2.75, 3.05) is 0 Å². The normalized spacial score (nSPS) is 12.2. The highest BCUT2D eigenvalue weighted by molar-refractivity contribution is 7.25. The third-order valence-electron chi connectivity index (χ3n) is 13.1. The SMILES string of the molecule is Cc1cc(C)c(-n2c3ccccc3c3cc(-n4c5ccccc5c5cc(-c6ccc7c(c6)c6ccccc6n7-c6ccc7sc8ccccc8c7c6)ccc54)ccc32)c(C)c1. The van der Waals surface area contributed by atoms with E-state index < -0.39 is 0 Å². The van der Waals surface area contributed by atoms with Crippen molar-refractivity contribution >= 4 is 96.9 Å². The number of para-hydroxylation sites is 3. The van der Waals surface area contributed by atoms with Crippen LogP contribution in [0, 0.1) is 20.8 Å². The molecule has 0 aliphatic carbocycles. The number of rotatable bonds is 4. The van der Waals surface area contributed by atoms with Gasteiger partial charge >= 0.3 is 0 Å². The van der Waals surface area contributed by atoms with Crippen LogP contribution in [0.4, 0.5) is 0 Å². The Hall–Kier alpha value is -7.40. The quantitative estimate of drug-likeness (QED) is 0.168. The predicted octanol–water partition coefficient (Wildman–Crippen LogP) is 15.9. The molecule has 0 spiro atoms. The van der Waals surface area contributed by atoms with E-state index in [1.807, 2.05) is 11.3 Å². The fraction of sp³-hybridized carbons (Fsp3) is 0.0526. The van der Waals surface area contributed by atoms with Crippen LogP contribution >= 0.6 is 11.3 Å². The van der Waals surface area contributed by atoms with Gasteiger partial charge in [-0.25, -0.2) is 0 Å². The van der Waals surface area contributed by atoms with Crippen LogP contribution in [0.2, 0.25) is 0 Å². The number of hydrogen-bond donors (Lipinski definition) is 0. The number of nitrogens with zero attached hydrogens (tertiary/aromatic N) is 3.